The summed E-state index contributed by atoms with van der Waals surface area (Å²) in [5.41, 5.74) is 5.16. The highest BCUT2D eigenvalue weighted by Crippen LogP contribution is 2.25. The van der Waals surface area contributed by atoms with Gasteiger partial charge in [0.05, 0.1) is 12.4 Å². The molecule has 2 aromatic heterocycles. The van der Waals surface area contributed by atoms with Crippen molar-refractivity contribution in [3.8, 4) is 0 Å². The van der Waals surface area contributed by atoms with Gasteiger partial charge in [-0.1, -0.05) is 25.7 Å². The molecule has 0 unspecified atom stereocenters. The Hall–Kier alpha value is -1.36. The van der Waals surface area contributed by atoms with Gasteiger partial charge in [0.2, 0.25) is 11.8 Å². The van der Waals surface area contributed by atoms with Crippen molar-refractivity contribution in [3.05, 3.63) is 40.6 Å². The molecule has 0 aliphatic rings. The summed E-state index contributed by atoms with van der Waals surface area (Å²) in [7, 11) is 0. The first-order chi connectivity index (χ1) is 15.3. The summed E-state index contributed by atoms with van der Waals surface area (Å²) >= 11 is 10.2. The number of carbonyl (C=O) groups excluding carboxylic acids is 2. The molecule has 0 aromatic carbocycles. The van der Waals surface area contributed by atoms with Crippen LogP contribution in [-0.2, 0) is 9.59 Å². The van der Waals surface area contributed by atoms with Crippen LogP contribution in [0.3, 0.4) is 0 Å². The van der Waals surface area contributed by atoms with Crippen LogP contribution in [-0.4, -0.2) is 24.2 Å². The fourth-order valence-corrected chi connectivity index (χ4v) is 5.68. The van der Waals surface area contributed by atoms with Crippen LogP contribution in [0.15, 0.2) is 31.3 Å². The monoisotopic (exact) mass is 602 g/mol. The lowest BCUT2D eigenvalue weighted by Crippen LogP contribution is -2.17. The normalized spacial score (nSPS) is 11.5. The predicted molar refractivity (Wildman–Crippen MR) is 142 cm³/mol. The number of nitrogens with zero attached hydrogens (tertiary/aromatic N) is 2. The number of hydrogen-bond acceptors (Lipinski definition) is 6. The highest BCUT2D eigenvalue weighted by atomic mass is 79.9. The number of aryl methyl sites for hydroxylation is 2. The summed E-state index contributed by atoms with van der Waals surface area (Å²) in [6.07, 6.45) is 10.1. The van der Waals surface area contributed by atoms with Gasteiger partial charge in [-0.3, -0.25) is 9.59 Å². The first kappa shape index (κ1) is 26.9. The lowest BCUT2D eigenvalue weighted by atomic mass is 10.1. The molecule has 0 saturated heterocycles. The number of rotatable bonds is 13. The third-order valence-corrected chi connectivity index (χ3v) is 8.71. The molecule has 0 aliphatic carbocycles. The van der Waals surface area contributed by atoms with E-state index in [9.17, 15) is 9.59 Å². The zero-order valence-electron chi connectivity index (χ0n) is 18.2. The number of amides is 2. The van der Waals surface area contributed by atoms with Crippen molar-refractivity contribution >= 4 is 78.8 Å². The van der Waals surface area contributed by atoms with Gasteiger partial charge in [-0.05, 0) is 70.7 Å². The fraction of sp³-hybridized carbons (Fsp3) is 0.455. The maximum absolute atomic E-state index is 11.8. The second-order valence-corrected chi connectivity index (χ2v) is 11.6. The van der Waals surface area contributed by atoms with E-state index in [0.29, 0.717) is 12.8 Å². The highest BCUT2D eigenvalue weighted by Gasteiger charge is 2.03. The third-order valence-electron chi connectivity index (χ3n) is 4.57. The van der Waals surface area contributed by atoms with Crippen LogP contribution in [0.2, 0.25) is 0 Å². The van der Waals surface area contributed by atoms with Crippen LogP contribution >= 0.6 is 54.5 Å². The van der Waals surface area contributed by atoms with Gasteiger partial charge in [-0.2, -0.15) is 10.2 Å². The molecule has 174 valence electrons. The molecule has 0 saturated carbocycles. The summed E-state index contributed by atoms with van der Waals surface area (Å²) < 4.78 is 2.12. The molecule has 2 rings (SSSR count). The van der Waals surface area contributed by atoms with Crippen molar-refractivity contribution in [1.82, 2.24) is 10.9 Å². The Morgan fingerprint density at radius 2 is 1.16 bits per heavy atom. The van der Waals surface area contributed by atoms with Crippen molar-refractivity contribution in [2.75, 3.05) is 0 Å². The largest absolute Gasteiger partial charge is 0.273 e. The van der Waals surface area contributed by atoms with Crippen LogP contribution in [0, 0.1) is 13.8 Å². The Morgan fingerprint density at radius 1 is 0.781 bits per heavy atom. The van der Waals surface area contributed by atoms with Crippen molar-refractivity contribution in [2.24, 2.45) is 10.2 Å². The molecule has 2 aromatic rings. The van der Waals surface area contributed by atoms with E-state index < -0.39 is 0 Å². The van der Waals surface area contributed by atoms with Gasteiger partial charge in [0.25, 0.3) is 0 Å². The van der Waals surface area contributed by atoms with E-state index in [-0.39, 0.29) is 11.8 Å². The average Bonchev–Trinajstić information content (AvgIpc) is 3.23. The Labute approximate surface area is 214 Å². The molecule has 6 nitrogen and oxygen atoms in total. The van der Waals surface area contributed by atoms with Crippen LogP contribution in [0.25, 0.3) is 0 Å². The van der Waals surface area contributed by atoms with Gasteiger partial charge in [-0.25, -0.2) is 10.9 Å². The second-order valence-electron chi connectivity index (χ2n) is 7.31. The Kier molecular flexibility index (Phi) is 12.4. The highest BCUT2D eigenvalue weighted by molar-refractivity contribution is 9.10. The summed E-state index contributed by atoms with van der Waals surface area (Å²) in [6, 6.07) is 3.97. The Morgan fingerprint density at radius 3 is 1.50 bits per heavy atom. The smallest absolute Gasteiger partial charge is 0.240 e. The number of thiophene rings is 2. The van der Waals surface area contributed by atoms with Crippen molar-refractivity contribution in [1.29, 1.82) is 0 Å². The third kappa shape index (κ3) is 10.5. The minimum absolute atomic E-state index is 0.0594. The maximum Gasteiger partial charge on any atom is 0.240 e. The lowest BCUT2D eigenvalue weighted by molar-refractivity contribution is -0.122. The van der Waals surface area contributed by atoms with Gasteiger partial charge < -0.3 is 0 Å². The quantitative estimate of drug-likeness (QED) is 0.152. The zero-order chi connectivity index (χ0) is 23.3. The molecule has 0 bridgehead atoms. The summed E-state index contributed by atoms with van der Waals surface area (Å²) in [5.74, 6) is -0.119. The summed E-state index contributed by atoms with van der Waals surface area (Å²) in [6.45, 7) is 4.06. The zero-order valence-corrected chi connectivity index (χ0v) is 23.1. The van der Waals surface area contributed by atoms with Gasteiger partial charge in [0.15, 0.2) is 0 Å². The predicted octanol–water partition coefficient (Wildman–Crippen LogP) is 6.67. The van der Waals surface area contributed by atoms with E-state index in [1.165, 1.54) is 9.75 Å². The molecule has 32 heavy (non-hydrogen) atoms. The molecule has 0 fully saturated rings. The molecule has 2 N–H and O–H groups in total. The molecule has 0 spiro atoms. The van der Waals surface area contributed by atoms with Crippen LogP contribution in [0.1, 0.15) is 70.9 Å². The fourth-order valence-electron chi connectivity index (χ4n) is 2.82. The van der Waals surface area contributed by atoms with E-state index in [1.54, 1.807) is 35.1 Å². The van der Waals surface area contributed by atoms with Gasteiger partial charge in [0.1, 0.15) is 0 Å². The molecular formula is C22H28Br2N4O2S2. The topological polar surface area (TPSA) is 82.9 Å². The standard InChI is InChI=1S/C22H28Br2N4O2S2/c1-15-19(23)11-17(31-15)13-25-27-21(29)9-7-5-3-4-6-8-10-22(30)28-26-14-18-12-20(24)16(2)32-18/h11-14H,3-10H2,1-2H3,(H,27,29)(H,28,30). The molecular weight excluding hydrogens is 576 g/mol. The maximum atomic E-state index is 11.8. The Bertz CT molecular complexity index is 839. The molecule has 2 amide bonds. The molecule has 2 heterocycles. The van der Waals surface area contributed by atoms with E-state index in [2.05, 4.69) is 52.9 Å². The molecule has 0 radical (unpaired) electrons. The van der Waals surface area contributed by atoms with Gasteiger partial charge in [-0.15, -0.1) is 22.7 Å². The van der Waals surface area contributed by atoms with Crippen molar-refractivity contribution in [3.63, 3.8) is 0 Å². The summed E-state index contributed by atoms with van der Waals surface area (Å²) in [4.78, 5) is 28.0. The number of halogens is 2. The van der Waals surface area contributed by atoms with E-state index in [0.717, 1.165) is 57.2 Å². The van der Waals surface area contributed by atoms with Crippen LogP contribution in [0.5, 0.6) is 0 Å². The molecule has 0 aliphatic heterocycles. The number of hydrazone groups is 2. The van der Waals surface area contributed by atoms with Gasteiger partial charge >= 0.3 is 0 Å². The van der Waals surface area contributed by atoms with Gasteiger partial charge in [0, 0.05) is 41.3 Å². The number of carbonyl (C=O) groups is 2. The molecule has 0 atom stereocenters. The van der Waals surface area contributed by atoms with Crippen LogP contribution < -0.4 is 10.9 Å². The first-order valence-electron chi connectivity index (χ1n) is 10.5. The number of hydrogen-bond donors (Lipinski definition) is 2. The van der Waals surface area contributed by atoms with Crippen LogP contribution in [0.4, 0.5) is 0 Å². The molecule has 10 heteroatoms. The number of unbranched alkanes of at least 4 members (excludes halogenated alkanes) is 5. The average molecular weight is 604 g/mol. The van der Waals surface area contributed by atoms with E-state index in [1.807, 2.05) is 26.0 Å². The van der Waals surface area contributed by atoms with E-state index >= 15 is 0 Å². The SMILES string of the molecule is Cc1sc(C=NNC(=O)CCCCCCCCC(=O)NN=Cc2cc(Br)c(C)s2)cc1Br. The van der Waals surface area contributed by atoms with Crippen molar-refractivity contribution < 1.29 is 9.59 Å². The van der Waals surface area contributed by atoms with E-state index in [4.69, 9.17) is 0 Å². The van der Waals surface area contributed by atoms with Crippen molar-refractivity contribution in [2.45, 2.75) is 65.2 Å². The Balaban J connectivity index is 1.44. The minimum atomic E-state index is -0.0594. The lowest BCUT2D eigenvalue weighted by Gasteiger charge is -2.02. The number of nitrogens with one attached hydrogen (secondary N) is 2. The minimum Gasteiger partial charge on any atom is -0.273 e. The second kappa shape index (κ2) is 14.7. The summed E-state index contributed by atoms with van der Waals surface area (Å²) in [5, 5.41) is 8.02. The first-order valence-corrected chi connectivity index (χ1v) is 13.7.